The van der Waals surface area contributed by atoms with E-state index in [0.29, 0.717) is 24.9 Å². The van der Waals surface area contributed by atoms with Crippen LogP contribution in [0.15, 0.2) is 24.3 Å². The van der Waals surface area contributed by atoms with Crippen molar-refractivity contribution in [2.75, 3.05) is 6.54 Å². The molecule has 0 aliphatic rings. The van der Waals surface area contributed by atoms with Crippen LogP contribution in [-0.4, -0.2) is 24.2 Å². The van der Waals surface area contributed by atoms with Crippen molar-refractivity contribution in [1.29, 1.82) is 0 Å². The van der Waals surface area contributed by atoms with Gasteiger partial charge in [-0.25, -0.2) is 0 Å². The number of nitrogens with one attached hydrogen (secondary N) is 1. The van der Waals surface area contributed by atoms with Gasteiger partial charge in [-0.2, -0.15) is 8.78 Å². The fourth-order valence-corrected chi connectivity index (χ4v) is 1.96. The maximum atomic E-state index is 12.4. The number of carbonyl (C=O) groups is 1. The van der Waals surface area contributed by atoms with E-state index < -0.39 is 12.6 Å². The number of ether oxygens (including phenoxy) is 1. The molecule has 1 atom stereocenters. The van der Waals surface area contributed by atoms with Crippen LogP contribution in [0.4, 0.5) is 8.78 Å². The van der Waals surface area contributed by atoms with Crippen LogP contribution in [0.25, 0.3) is 0 Å². The van der Waals surface area contributed by atoms with Gasteiger partial charge in [0.1, 0.15) is 5.75 Å². The molecule has 0 aromatic heterocycles. The zero-order valence-electron chi connectivity index (χ0n) is 11.3. The van der Waals surface area contributed by atoms with Gasteiger partial charge in [-0.1, -0.05) is 25.1 Å². The minimum absolute atomic E-state index is 0.0820. The van der Waals surface area contributed by atoms with E-state index in [2.05, 4.69) is 10.1 Å². The number of rotatable bonds is 9. The summed E-state index contributed by atoms with van der Waals surface area (Å²) in [4.78, 5) is 10.4. The molecule has 0 aliphatic carbocycles. The Kier molecular flexibility index (Phi) is 6.93. The highest BCUT2D eigenvalue weighted by atomic mass is 19.3. The summed E-state index contributed by atoms with van der Waals surface area (Å²) in [5.74, 6) is -0.693. The maximum absolute atomic E-state index is 12.4. The number of alkyl halides is 2. The van der Waals surface area contributed by atoms with Crippen molar-refractivity contribution in [3.05, 3.63) is 29.8 Å². The van der Waals surface area contributed by atoms with Crippen LogP contribution in [0.3, 0.4) is 0 Å². The van der Waals surface area contributed by atoms with Crippen LogP contribution in [0.1, 0.15) is 37.8 Å². The second kappa shape index (κ2) is 8.47. The Labute approximate surface area is 116 Å². The molecule has 0 saturated carbocycles. The van der Waals surface area contributed by atoms with Gasteiger partial charge in [-0.15, -0.1) is 0 Å². The van der Waals surface area contributed by atoms with E-state index in [1.165, 1.54) is 6.07 Å². The van der Waals surface area contributed by atoms with E-state index in [-0.39, 0.29) is 18.2 Å². The van der Waals surface area contributed by atoms with Crippen molar-refractivity contribution in [2.45, 2.75) is 38.8 Å². The molecule has 1 unspecified atom stereocenters. The molecule has 1 rings (SSSR count). The van der Waals surface area contributed by atoms with E-state index in [1.807, 2.05) is 6.92 Å². The van der Waals surface area contributed by atoms with Crippen molar-refractivity contribution in [3.63, 3.8) is 0 Å². The Hall–Kier alpha value is -1.69. The van der Waals surface area contributed by atoms with Crippen LogP contribution in [0.5, 0.6) is 5.75 Å². The van der Waals surface area contributed by atoms with Gasteiger partial charge < -0.3 is 15.2 Å². The summed E-state index contributed by atoms with van der Waals surface area (Å²) in [7, 11) is 0. The lowest BCUT2D eigenvalue weighted by molar-refractivity contribution is -0.137. The molecule has 0 bridgehead atoms. The third-order valence-electron chi connectivity index (χ3n) is 2.88. The van der Waals surface area contributed by atoms with E-state index >= 15 is 0 Å². The molecule has 4 nitrogen and oxygen atoms in total. The fraction of sp³-hybridized carbons (Fsp3) is 0.500. The normalized spacial score (nSPS) is 12.4. The lowest BCUT2D eigenvalue weighted by atomic mass is 10.0. The summed E-state index contributed by atoms with van der Waals surface area (Å²) in [6, 6.07) is 6.49. The van der Waals surface area contributed by atoms with E-state index in [1.54, 1.807) is 18.2 Å². The number of benzene rings is 1. The number of halogens is 2. The Morgan fingerprint density at radius 1 is 1.40 bits per heavy atom. The summed E-state index contributed by atoms with van der Waals surface area (Å²) in [6.07, 6.45) is 1.26. The number of carboxylic acid groups (broad SMARTS) is 1. The predicted molar refractivity (Wildman–Crippen MR) is 71.0 cm³/mol. The molecule has 2 N–H and O–H groups in total. The van der Waals surface area contributed by atoms with Crippen LogP contribution in [0.2, 0.25) is 0 Å². The summed E-state index contributed by atoms with van der Waals surface area (Å²) in [6.45, 7) is -0.428. The van der Waals surface area contributed by atoms with Gasteiger partial charge in [0, 0.05) is 18.0 Å². The van der Waals surface area contributed by atoms with Crippen molar-refractivity contribution in [2.24, 2.45) is 0 Å². The first-order valence-electron chi connectivity index (χ1n) is 6.53. The zero-order chi connectivity index (χ0) is 15.0. The zero-order valence-corrected chi connectivity index (χ0v) is 11.3. The number of para-hydroxylation sites is 1. The lowest BCUT2D eigenvalue weighted by Crippen LogP contribution is -2.23. The highest BCUT2D eigenvalue weighted by molar-refractivity contribution is 5.66. The minimum atomic E-state index is -2.86. The van der Waals surface area contributed by atoms with Crippen LogP contribution in [0, 0.1) is 0 Å². The molecule has 0 saturated heterocycles. The second-order valence-corrected chi connectivity index (χ2v) is 4.33. The second-order valence-electron chi connectivity index (χ2n) is 4.33. The molecule has 112 valence electrons. The summed E-state index contributed by atoms with van der Waals surface area (Å²) in [5, 5.41) is 11.7. The third-order valence-corrected chi connectivity index (χ3v) is 2.88. The molecular formula is C14H19F2NO3. The number of hydrogen-bond acceptors (Lipinski definition) is 3. The van der Waals surface area contributed by atoms with E-state index in [0.717, 1.165) is 0 Å². The number of carboxylic acids is 1. The minimum Gasteiger partial charge on any atom is -0.481 e. The van der Waals surface area contributed by atoms with Gasteiger partial charge in [0.15, 0.2) is 0 Å². The molecule has 0 aliphatic heterocycles. The largest absolute Gasteiger partial charge is 0.481 e. The third kappa shape index (κ3) is 5.52. The first kappa shape index (κ1) is 16.4. The smallest absolute Gasteiger partial charge is 0.387 e. The van der Waals surface area contributed by atoms with Crippen molar-refractivity contribution >= 4 is 5.97 Å². The monoisotopic (exact) mass is 287 g/mol. The van der Waals surface area contributed by atoms with Crippen molar-refractivity contribution in [3.8, 4) is 5.75 Å². The van der Waals surface area contributed by atoms with Crippen molar-refractivity contribution in [1.82, 2.24) is 5.32 Å². The Morgan fingerprint density at radius 2 is 2.10 bits per heavy atom. The molecule has 1 aromatic rings. The summed E-state index contributed by atoms with van der Waals surface area (Å²) in [5.41, 5.74) is 0.658. The lowest BCUT2D eigenvalue weighted by Gasteiger charge is -2.20. The standard InChI is InChI=1S/C14H19F2NO3/c1-2-11(17-9-5-8-13(18)19)10-6-3-4-7-12(10)20-14(15)16/h3-4,6-7,11,14,17H,2,5,8-9H2,1H3,(H,18,19). The fourth-order valence-electron chi connectivity index (χ4n) is 1.96. The molecular weight excluding hydrogens is 268 g/mol. The molecule has 20 heavy (non-hydrogen) atoms. The molecule has 0 spiro atoms. The van der Waals surface area contributed by atoms with Gasteiger partial charge >= 0.3 is 12.6 Å². The van der Waals surface area contributed by atoms with Gasteiger partial charge in [-0.3, -0.25) is 4.79 Å². The quantitative estimate of drug-likeness (QED) is 0.685. The first-order chi connectivity index (χ1) is 9.54. The highest BCUT2D eigenvalue weighted by Gasteiger charge is 2.16. The topological polar surface area (TPSA) is 58.6 Å². The average molecular weight is 287 g/mol. The number of hydrogen-bond donors (Lipinski definition) is 2. The predicted octanol–water partition coefficient (Wildman–Crippen LogP) is 3.19. The van der Waals surface area contributed by atoms with Gasteiger partial charge in [0.25, 0.3) is 0 Å². The van der Waals surface area contributed by atoms with Crippen LogP contribution >= 0.6 is 0 Å². The SMILES string of the molecule is CCC(NCCCC(=O)O)c1ccccc1OC(F)F. The molecule has 0 amide bonds. The van der Waals surface area contributed by atoms with Gasteiger partial charge in [-0.05, 0) is 25.5 Å². The Morgan fingerprint density at radius 3 is 2.70 bits per heavy atom. The Balaban J connectivity index is 2.66. The average Bonchev–Trinajstić information content (AvgIpc) is 2.39. The van der Waals surface area contributed by atoms with E-state index in [4.69, 9.17) is 5.11 Å². The number of aliphatic carboxylic acids is 1. The maximum Gasteiger partial charge on any atom is 0.387 e. The van der Waals surface area contributed by atoms with E-state index in [9.17, 15) is 13.6 Å². The highest BCUT2D eigenvalue weighted by Crippen LogP contribution is 2.28. The molecule has 0 radical (unpaired) electrons. The molecule has 1 aromatic carbocycles. The summed E-state index contributed by atoms with van der Waals surface area (Å²) < 4.78 is 29.2. The van der Waals surface area contributed by atoms with Gasteiger partial charge in [0.05, 0.1) is 0 Å². The Bertz CT molecular complexity index is 427. The molecule has 0 fully saturated rings. The first-order valence-corrected chi connectivity index (χ1v) is 6.53. The van der Waals surface area contributed by atoms with Crippen LogP contribution < -0.4 is 10.1 Å². The van der Waals surface area contributed by atoms with Crippen molar-refractivity contribution < 1.29 is 23.4 Å². The molecule has 0 heterocycles. The summed E-state index contributed by atoms with van der Waals surface area (Å²) >= 11 is 0. The molecule has 6 heteroatoms. The van der Waals surface area contributed by atoms with Crippen LogP contribution in [-0.2, 0) is 4.79 Å². The van der Waals surface area contributed by atoms with Gasteiger partial charge in [0.2, 0.25) is 0 Å².